The Morgan fingerprint density at radius 2 is 2.00 bits per heavy atom. The van der Waals surface area contributed by atoms with Gasteiger partial charge in [0.2, 0.25) is 5.95 Å². The quantitative estimate of drug-likeness (QED) is 0.626. The minimum Gasteiger partial charge on any atom is -0.368 e. The van der Waals surface area contributed by atoms with E-state index >= 15 is 0 Å². The van der Waals surface area contributed by atoms with E-state index in [1.165, 1.54) is 22.1 Å². The van der Waals surface area contributed by atoms with E-state index in [0.29, 0.717) is 22.4 Å². The van der Waals surface area contributed by atoms with Crippen LogP contribution in [0.5, 0.6) is 0 Å². The average Bonchev–Trinajstić information content (AvgIpc) is 3.19. The van der Waals surface area contributed by atoms with E-state index < -0.39 is 0 Å². The molecule has 114 valence electrons. The number of aromatic nitrogens is 5. The van der Waals surface area contributed by atoms with Crippen molar-refractivity contribution < 1.29 is 4.39 Å². The summed E-state index contributed by atoms with van der Waals surface area (Å²) in [6.07, 6.45) is 0. The van der Waals surface area contributed by atoms with Gasteiger partial charge in [-0.25, -0.2) is 14.1 Å². The molecule has 0 saturated carbocycles. The maximum absolute atomic E-state index is 13.8. The number of hydrogen-bond acceptors (Lipinski definition) is 6. The summed E-state index contributed by atoms with van der Waals surface area (Å²) in [7, 11) is 0. The molecule has 0 spiro atoms. The summed E-state index contributed by atoms with van der Waals surface area (Å²) in [5.41, 5.74) is 8.01. The number of halogens is 1. The molecule has 0 fully saturated rings. The Balaban J connectivity index is 1.85. The van der Waals surface area contributed by atoms with Gasteiger partial charge in [0.05, 0.1) is 11.4 Å². The van der Waals surface area contributed by atoms with Crippen molar-refractivity contribution in [3.05, 3.63) is 53.2 Å². The van der Waals surface area contributed by atoms with Gasteiger partial charge in [0.1, 0.15) is 11.5 Å². The van der Waals surface area contributed by atoms with Crippen LogP contribution >= 0.6 is 11.3 Å². The Morgan fingerprint density at radius 3 is 2.78 bits per heavy atom. The van der Waals surface area contributed by atoms with Crippen molar-refractivity contribution in [2.45, 2.75) is 6.54 Å². The van der Waals surface area contributed by atoms with E-state index in [1.54, 1.807) is 18.2 Å². The second kappa shape index (κ2) is 5.40. The molecule has 8 heteroatoms. The third-order valence-corrected chi connectivity index (χ3v) is 4.29. The molecule has 0 aliphatic heterocycles. The molecule has 0 atom stereocenters. The van der Waals surface area contributed by atoms with Gasteiger partial charge in [-0.1, -0.05) is 29.5 Å². The second-order valence-corrected chi connectivity index (χ2v) is 5.87. The normalized spacial score (nSPS) is 11.2. The van der Waals surface area contributed by atoms with Crippen LogP contribution in [0.25, 0.3) is 21.7 Å². The fourth-order valence-corrected chi connectivity index (χ4v) is 3.07. The van der Waals surface area contributed by atoms with Crippen molar-refractivity contribution in [2.75, 3.05) is 5.73 Å². The summed E-state index contributed by atoms with van der Waals surface area (Å²) in [5, 5.41) is 10.2. The lowest BCUT2D eigenvalue weighted by Gasteiger charge is -2.04. The van der Waals surface area contributed by atoms with Gasteiger partial charge in [-0.15, -0.1) is 16.4 Å². The highest BCUT2D eigenvalue weighted by Crippen LogP contribution is 2.28. The lowest BCUT2D eigenvalue weighted by molar-refractivity contribution is 0.582. The summed E-state index contributed by atoms with van der Waals surface area (Å²) in [6.45, 7) is 0.226. The molecule has 4 aromatic rings. The minimum absolute atomic E-state index is 0.137. The highest BCUT2D eigenvalue weighted by Gasteiger charge is 2.16. The molecule has 0 saturated heterocycles. The monoisotopic (exact) mass is 326 g/mol. The van der Waals surface area contributed by atoms with Gasteiger partial charge in [-0.3, -0.25) is 0 Å². The van der Waals surface area contributed by atoms with E-state index in [0.717, 1.165) is 4.88 Å². The number of hydrogen-bond donors (Lipinski definition) is 1. The lowest BCUT2D eigenvalue weighted by Crippen LogP contribution is -2.06. The summed E-state index contributed by atoms with van der Waals surface area (Å²) >= 11 is 1.53. The van der Waals surface area contributed by atoms with E-state index in [9.17, 15) is 4.39 Å². The number of anilines is 1. The first-order valence-electron chi connectivity index (χ1n) is 6.86. The van der Waals surface area contributed by atoms with Crippen LogP contribution in [0.1, 0.15) is 5.56 Å². The number of nitrogen functional groups attached to an aromatic ring is 1. The van der Waals surface area contributed by atoms with E-state index in [2.05, 4.69) is 20.3 Å². The number of rotatable bonds is 3. The molecule has 23 heavy (non-hydrogen) atoms. The van der Waals surface area contributed by atoms with Crippen molar-refractivity contribution in [1.29, 1.82) is 0 Å². The molecule has 0 bridgehead atoms. The van der Waals surface area contributed by atoms with Crippen LogP contribution in [-0.2, 0) is 6.54 Å². The maximum atomic E-state index is 13.8. The molecule has 6 nitrogen and oxygen atoms in total. The lowest BCUT2D eigenvalue weighted by atomic mass is 10.2. The first kappa shape index (κ1) is 13.8. The smallest absolute Gasteiger partial charge is 0.222 e. The zero-order valence-electron chi connectivity index (χ0n) is 11.8. The SMILES string of the molecule is Nc1nc(-c2cccs2)c2nnn(Cc3ccccc3F)c2n1. The van der Waals surface area contributed by atoms with Crippen LogP contribution in [0.3, 0.4) is 0 Å². The predicted octanol–water partition coefficient (Wildman–Crippen LogP) is 2.72. The van der Waals surface area contributed by atoms with Crippen LogP contribution in [0.2, 0.25) is 0 Å². The fourth-order valence-electron chi connectivity index (χ4n) is 2.35. The Labute approximate surface area is 134 Å². The van der Waals surface area contributed by atoms with Crippen molar-refractivity contribution in [1.82, 2.24) is 25.0 Å². The Morgan fingerprint density at radius 1 is 1.13 bits per heavy atom. The highest BCUT2D eigenvalue weighted by atomic mass is 32.1. The van der Waals surface area contributed by atoms with Crippen LogP contribution < -0.4 is 5.73 Å². The van der Waals surface area contributed by atoms with Crippen LogP contribution in [-0.4, -0.2) is 25.0 Å². The third kappa shape index (κ3) is 2.42. The number of benzene rings is 1. The predicted molar refractivity (Wildman–Crippen MR) is 86.3 cm³/mol. The summed E-state index contributed by atoms with van der Waals surface area (Å²) in [6, 6.07) is 10.4. The second-order valence-electron chi connectivity index (χ2n) is 4.92. The van der Waals surface area contributed by atoms with Crippen molar-refractivity contribution in [2.24, 2.45) is 0 Å². The van der Waals surface area contributed by atoms with E-state index in [-0.39, 0.29) is 18.3 Å². The Bertz CT molecular complexity index is 979. The molecule has 0 aliphatic rings. The third-order valence-electron chi connectivity index (χ3n) is 3.41. The molecule has 1 aromatic carbocycles. The number of thiophene rings is 1. The largest absolute Gasteiger partial charge is 0.368 e. The molecule has 0 radical (unpaired) electrons. The van der Waals surface area contributed by atoms with Gasteiger partial charge in [0.25, 0.3) is 0 Å². The van der Waals surface area contributed by atoms with E-state index in [4.69, 9.17) is 5.73 Å². The molecule has 0 aliphatic carbocycles. The topological polar surface area (TPSA) is 82.5 Å². The van der Waals surface area contributed by atoms with Crippen LogP contribution in [0.4, 0.5) is 10.3 Å². The first-order chi connectivity index (χ1) is 11.2. The van der Waals surface area contributed by atoms with Gasteiger partial charge in [-0.2, -0.15) is 4.98 Å². The summed E-state index contributed by atoms with van der Waals surface area (Å²) < 4.78 is 15.4. The van der Waals surface area contributed by atoms with Gasteiger partial charge >= 0.3 is 0 Å². The van der Waals surface area contributed by atoms with Crippen LogP contribution in [0, 0.1) is 5.82 Å². The van der Waals surface area contributed by atoms with Crippen molar-refractivity contribution in [3.8, 4) is 10.6 Å². The molecule has 0 amide bonds. The van der Waals surface area contributed by atoms with Gasteiger partial charge in [0, 0.05) is 5.56 Å². The number of fused-ring (bicyclic) bond motifs is 1. The molecule has 0 unspecified atom stereocenters. The molecule has 2 N–H and O–H groups in total. The van der Waals surface area contributed by atoms with Gasteiger partial charge in [0.15, 0.2) is 11.2 Å². The first-order valence-corrected chi connectivity index (χ1v) is 7.74. The van der Waals surface area contributed by atoms with Crippen molar-refractivity contribution in [3.63, 3.8) is 0 Å². The van der Waals surface area contributed by atoms with Crippen molar-refractivity contribution >= 4 is 28.4 Å². The van der Waals surface area contributed by atoms with Gasteiger partial charge < -0.3 is 5.73 Å². The Kier molecular flexibility index (Phi) is 3.23. The summed E-state index contributed by atoms with van der Waals surface area (Å²) in [5.74, 6) is -0.158. The average molecular weight is 326 g/mol. The molecular weight excluding hydrogens is 315 g/mol. The number of nitrogens with two attached hydrogens (primary N) is 1. The maximum Gasteiger partial charge on any atom is 0.222 e. The summed E-state index contributed by atoms with van der Waals surface area (Å²) in [4.78, 5) is 9.42. The van der Waals surface area contributed by atoms with Crippen LogP contribution in [0.15, 0.2) is 41.8 Å². The standard InChI is InChI=1S/C15H11FN6S/c16-10-5-2-1-4-9(10)8-22-14-13(20-21-22)12(18-15(17)19-14)11-6-3-7-23-11/h1-7H,8H2,(H2,17,18,19). The highest BCUT2D eigenvalue weighted by molar-refractivity contribution is 7.13. The van der Waals surface area contributed by atoms with Gasteiger partial charge in [-0.05, 0) is 17.5 Å². The zero-order valence-corrected chi connectivity index (χ0v) is 12.7. The van der Waals surface area contributed by atoms with E-state index in [1.807, 2.05) is 17.5 Å². The minimum atomic E-state index is -0.295. The fraction of sp³-hybridized carbons (Fsp3) is 0.0667. The molecule has 3 aromatic heterocycles. The molecule has 4 rings (SSSR count). The molecule has 3 heterocycles. The number of nitrogens with zero attached hydrogens (tertiary/aromatic N) is 5. The molecular formula is C15H11FN6S. The Hall–Kier alpha value is -2.87. The zero-order chi connectivity index (χ0) is 15.8.